The van der Waals surface area contributed by atoms with Gasteiger partial charge in [0.25, 0.3) is 0 Å². The Balaban J connectivity index is 0.00000196. The summed E-state index contributed by atoms with van der Waals surface area (Å²) in [5.41, 5.74) is 0.0964. The molecule has 0 saturated carbocycles. The topological polar surface area (TPSA) is 21.7 Å². The third kappa shape index (κ3) is 4.45. The molecule has 1 rings (SSSR count). The minimum absolute atomic E-state index is 0. The van der Waals surface area contributed by atoms with Gasteiger partial charge in [0.2, 0.25) is 0 Å². The van der Waals surface area contributed by atoms with Crippen LogP contribution in [-0.2, 0) is 9.47 Å². The SMILES string of the molecule is COCC1CN(CCCl)C(C)(C)CO1.Cl. The molecule has 0 aromatic rings. The van der Waals surface area contributed by atoms with Crippen molar-refractivity contribution in [1.29, 1.82) is 0 Å². The molecule has 0 aliphatic carbocycles. The van der Waals surface area contributed by atoms with E-state index < -0.39 is 0 Å². The van der Waals surface area contributed by atoms with E-state index in [1.807, 2.05) is 0 Å². The molecule has 1 aliphatic rings. The van der Waals surface area contributed by atoms with E-state index in [9.17, 15) is 0 Å². The molecule has 1 saturated heterocycles. The number of nitrogens with zero attached hydrogens (tertiary/aromatic N) is 1. The molecule has 15 heavy (non-hydrogen) atoms. The van der Waals surface area contributed by atoms with Crippen LogP contribution in [0.25, 0.3) is 0 Å². The quantitative estimate of drug-likeness (QED) is 0.717. The number of hydrogen-bond donors (Lipinski definition) is 0. The molecule has 5 heteroatoms. The van der Waals surface area contributed by atoms with E-state index in [0.717, 1.165) is 19.7 Å². The fourth-order valence-corrected chi connectivity index (χ4v) is 1.95. The van der Waals surface area contributed by atoms with Gasteiger partial charge in [-0.3, -0.25) is 4.90 Å². The molecule has 0 radical (unpaired) electrons. The Bertz CT molecular complexity index is 179. The van der Waals surface area contributed by atoms with Crippen LogP contribution in [0, 0.1) is 0 Å². The Labute approximate surface area is 103 Å². The molecule has 1 aliphatic heterocycles. The van der Waals surface area contributed by atoms with Crippen molar-refractivity contribution in [2.45, 2.75) is 25.5 Å². The second kappa shape index (κ2) is 6.92. The Morgan fingerprint density at radius 3 is 2.73 bits per heavy atom. The lowest BCUT2D eigenvalue weighted by Crippen LogP contribution is -2.57. The lowest BCUT2D eigenvalue weighted by Gasteiger charge is -2.45. The number of alkyl halides is 1. The molecule has 0 N–H and O–H groups in total. The highest BCUT2D eigenvalue weighted by Crippen LogP contribution is 2.21. The average molecular weight is 258 g/mol. The monoisotopic (exact) mass is 257 g/mol. The molecule has 0 aromatic carbocycles. The van der Waals surface area contributed by atoms with Crippen LogP contribution in [0.2, 0.25) is 0 Å². The maximum absolute atomic E-state index is 5.77. The van der Waals surface area contributed by atoms with Gasteiger partial charge >= 0.3 is 0 Å². The van der Waals surface area contributed by atoms with Crippen LogP contribution in [0.3, 0.4) is 0 Å². The van der Waals surface area contributed by atoms with E-state index in [0.29, 0.717) is 12.5 Å². The first kappa shape index (κ1) is 15.5. The molecule has 1 heterocycles. The molecular formula is C10H21Cl2NO2. The predicted octanol–water partition coefficient (Wildman–Crippen LogP) is 1.77. The van der Waals surface area contributed by atoms with Crippen molar-refractivity contribution < 1.29 is 9.47 Å². The summed E-state index contributed by atoms with van der Waals surface area (Å²) in [5.74, 6) is 0.670. The van der Waals surface area contributed by atoms with Crippen LogP contribution in [0.15, 0.2) is 0 Å². The fraction of sp³-hybridized carbons (Fsp3) is 1.00. The first-order valence-corrected chi connectivity index (χ1v) is 5.55. The summed E-state index contributed by atoms with van der Waals surface area (Å²) in [6.45, 7) is 7.60. The van der Waals surface area contributed by atoms with Crippen LogP contribution in [0.1, 0.15) is 13.8 Å². The van der Waals surface area contributed by atoms with Gasteiger partial charge in [-0.2, -0.15) is 0 Å². The summed E-state index contributed by atoms with van der Waals surface area (Å²) in [5, 5.41) is 0. The number of halogens is 2. The predicted molar refractivity (Wildman–Crippen MR) is 65.2 cm³/mol. The van der Waals surface area contributed by atoms with Gasteiger partial charge < -0.3 is 9.47 Å². The summed E-state index contributed by atoms with van der Waals surface area (Å²) in [6.07, 6.45) is 0.191. The Kier molecular flexibility index (Phi) is 7.13. The third-order valence-corrected chi connectivity index (χ3v) is 2.83. The van der Waals surface area contributed by atoms with Gasteiger partial charge in [0.1, 0.15) is 0 Å². The fourth-order valence-electron chi connectivity index (χ4n) is 1.74. The summed E-state index contributed by atoms with van der Waals surface area (Å²) in [7, 11) is 1.70. The van der Waals surface area contributed by atoms with Crippen molar-refractivity contribution >= 4 is 24.0 Å². The zero-order valence-electron chi connectivity index (χ0n) is 9.66. The van der Waals surface area contributed by atoms with E-state index in [1.54, 1.807) is 7.11 Å². The van der Waals surface area contributed by atoms with E-state index in [-0.39, 0.29) is 24.0 Å². The minimum Gasteiger partial charge on any atom is -0.382 e. The number of methoxy groups -OCH3 is 1. The van der Waals surface area contributed by atoms with Gasteiger partial charge in [-0.1, -0.05) is 0 Å². The van der Waals surface area contributed by atoms with Crippen LogP contribution in [0.4, 0.5) is 0 Å². The molecule has 0 spiro atoms. The zero-order valence-corrected chi connectivity index (χ0v) is 11.2. The summed E-state index contributed by atoms with van der Waals surface area (Å²) < 4.78 is 10.8. The molecule has 92 valence electrons. The van der Waals surface area contributed by atoms with Crippen molar-refractivity contribution in [1.82, 2.24) is 4.90 Å². The minimum atomic E-state index is 0. The van der Waals surface area contributed by atoms with Crippen LogP contribution in [-0.4, -0.2) is 55.8 Å². The molecule has 0 bridgehead atoms. The van der Waals surface area contributed by atoms with Gasteiger partial charge in [-0.25, -0.2) is 0 Å². The Morgan fingerprint density at radius 1 is 1.53 bits per heavy atom. The first-order valence-electron chi connectivity index (χ1n) is 5.01. The second-order valence-electron chi connectivity index (χ2n) is 4.34. The normalized spacial score (nSPS) is 26.0. The maximum Gasteiger partial charge on any atom is 0.0935 e. The highest BCUT2D eigenvalue weighted by Gasteiger charge is 2.34. The Hall–Kier alpha value is 0.460. The van der Waals surface area contributed by atoms with E-state index in [4.69, 9.17) is 21.1 Å². The van der Waals surface area contributed by atoms with Crippen LogP contribution >= 0.6 is 24.0 Å². The smallest absolute Gasteiger partial charge is 0.0935 e. The van der Waals surface area contributed by atoms with Gasteiger partial charge in [0.15, 0.2) is 0 Å². The van der Waals surface area contributed by atoms with E-state index >= 15 is 0 Å². The highest BCUT2D eigenvalue weighted by atomic mass is 35.5. The maximum atomic E-state index is 5.77. The van der Waals surface area contributed by atoms with Crippen molar-refractivity contribution in [3.63, 3.8) is 0 Å². The highest BCUT2D eigenvalue weighted by molar-refractivity contribution is 6.18. The average Bonchev–Trinajstić information content (AvgIpc) is 2.12. The van der Waals surface area contributed by atoms with Gasteiger partial charge in [0, 0.05) is 31.6 Å². The molecule has 3 nitrogen and oxygen atoms in total. The van der Waals surface area contributed by atoms with Crippen LogP contribution in [0.5, 0.6) is 0 Å². The number of ether oxygens (including phenoxy) is 2. The van der Waals surface area contributed by atoms with E-state index in [1.165, 1.54) is 0 Å². The molecule has 0 amide bonds. The van der Waals surface area contributed by atoms with Crippen molar-refractivity contribution in [2.24, 2.45) is 0 Å². The number of rotatable bonds is 4. The zero-order chi connectivity index (χ0) is 10.6. The van der Waals surface area contributed by atoms with E-state index in [2.05, 4.69) is 18.7 Å². The van der Waals surface area contributed by atoms with Gasteiger partial charge in [0.05, 0.1) is 19.3 Å². The summed E-state index contributed by atoms with van der Waals surface area (Å²) in [6, 6.07) is 0. The molecular weight excluding hydrogens is 237 g/mol. The lowest BCUT2D eigenvalue weighted by atomic mass is 10.0. The van der Waals surface area contributed by atoms with Crippen molar-refractivity contribution in [3.8, 4) is 0 Å². The third-order valence-electron chi connectivity index (χ3n) is 2.66. The standard InChI is InChI=1S/C10H20ClNO2.ClH/c1-10(2)8-14-9(7-13-3)6-12(10)5-4-11;/h9H,4-8H2,1-3H3;1H. The molecule has 1 fully saturated rings. The summed E-state index contributed by atoms with van der Waals surface area (Å²) in [4.78, 5) is 2.37. The first-order chi connectivity index (χ1) is 6.60. The Morgan fingerprint density at radius 2 is 2.20 bits per heavy atom. The van der Waals surface area contributed by atoms with Crippen molar-refractivity contribution in [2.75, 3.05) is 39.3 Å². The number of hydrogen-bond acceptors (Lipinski definition) is 3. The lowest BCUT2D eigenvalue weighted by molar-refractivity contribution is -0.115. The number of morpholine rings is 1. The van der Waals surface area contributed by atoms with Gasteiger partial charge in [-0.15, -0.1) is 24.0 Å². The largest absolute Gasteiger partial charge is 0.382 e. The van der Waals surface area contributed by atoms with Crippen molar-refractivity contribution in [3.05, 3.63) is 0 Å². The molecule has 0 aromatic heterocycles. The second-order valence-corrected chi connectivity index (χ2v) is 4.71. The summed E-state index contributed by atoms with van der Waals surface area (Å²) >= 11 is 5.77. The molecule has 1 unspecified atom stereocenters. The van der Waals surface area contributed by atoms with Gasteiger partial charge in [-0.05, 0) is 13.8 Å². The van der Waals surface area contributed by atoms with Crippen LogP contribution < -0.4 is 0 Å². The molecule has 1 atom stereocenters.